The predicted octanol–water partition coefficient (Wildman–Crippen LogP) is 1.72. The number of likely N-dealkylation sites (tertiary alicyclic amines) is 1. The first-order chi connectivity index (χ1) is 8.08. The number of piperidine rings is 1. The summed E-state index contributed by atoms with van der Waals surface area (Å²) in [5.74, 6) is 1.64. The van der Waals surface area contributed by atoms with Gasteiger partial charge in [0, 0.05) is 24.7 Å². The van der Waals surface area contributed by atoms with E-state index in [4.69, 9.17) is 4.52 Å². The maximum absolute atomic E-state index is 5.18. The van der Waals surface area contributed by atoms with E-state index in [0.717, 1.165) is 18.0 Å². The molecule has 2 rings (SSSR count). The molecule has 0 aliphatic carbocycles. The lowest BCUT2D eigenvalue weighted by molar-refractivity contribution is 0.174. The van der Waals surface area contributed by atoms with Crippen molar-refractivity contribution in [2.75, 3.05) is 20.1 Å². The van der Waals surface area contributed by atoms with Crippen LogP contribution in [0.1, 0.15) is 30.4 Å². The zero-order valence-electron chi connectivity index (χ0n) is 11.3. The first-order valence-electron chi connectivity index (χ1n) is 6.41. The Morgan fingerprint density at radius 2 is 2.24 bits per heavy atom. The monoisotopic (exact) mass is 237 g/mol. The lowest BCUT2D eigenvalue weighted by Crippen LogP contribution is -2.46. The highest BCUT2D eigenvalue weighted by Crippen LogP contribution is 2.17. The molecule has 1 saturated heterocycles. The average molecular weight is 237 g/mol. The number of aryl methyl sites for hydroxylation is 2. The van der Waals surface area contributed by atoms with E-state index in [1.165, 1.54) is 25.1 Å². The number of nitrogens with one attached hydrogen (secondary N) is 1. The van der Waals surface area contributed by atoms with Crippen molar-refractivity contribution < 1.29 is 4.52 Å². The van der Waals surface area contributed by atoms with Crippen LogP contribution in [0.15, 0.2) is 4.52 Å². The Kier molecular flexibility index (Phi) is 3.84. The molecule has 0 saturated carbocycles. The Hall–Kier alpha value is -0.870. The number of hydrogen-bond acceptors (Lipinski definition) is 4. The van der Waals surface area contributed by atoms with Crippen LogP contribution in [0.2, 0.25) is 0 Å². The van der Waals surface area contributed by atoms with Gasteiger partial charge in [-0.2, -0.15) is 0 Å². The van der Waals surface area contributed by atoms with Crippen molar-refractivity contribution >= 4 is 0 Å². The van der Waals surface area contributed by atoms with E-state index in [1.807, 2.05) is 13.8 Å². The van der Waals surface area contributed by atoms with Crippen molar-refractivity contribution in [1.82, 2.24) is 15.4 Å². The zero-order chi connectivity index (χ0) is 12.4. The van der Waals surface area contributed by atoms with Crippen LogP contribution in [0, 0.1) is 19.8 Å². The van der Waals surface area contributed by atoms with Gasteiger partial charge in [-0.1, -0.05) is 12.1 Å². The van der Waals surface area contributed by atoms with E-state index in [-0.39, 0.29) is 0 Å². The molecular formula is C13H23N3O. The van der Waals surface area contributed by atoms with Crippen molar-refractivity contribution in [3.05, 3.63) is 17.0 Å². The molecule has 1 aliphatic heterocycles. The third kappa shape index (κ3) is 2.87. The van der Waals surface area contributed by atoms with Gasteiger partial charge in [-0.3, -0.25) is 0 Å². The van der Waals surface area contributed by atoms with Gasteiger partial charge in [0.05, 0.1) is 5.69 Å². The number of rotatable bonds is 3. The van der Waals surface area contributed by atoms with E-state index < -0.39 is 0 Å². The van der Waals surface area contributed by atoms with Crippen molar-refractivity contribution in [3.63, 3.8) is 0 Å². The van der Waals surface area contributed by atoms with Crippen LogP contribution in [0.4, 0.5) is 0 Å². The summed E-state index contributed by atoms with van der Waals surface area (Å²) < 4.78 is 5.18. The molecule has 1 N–H and O–H groups in total. The van der Waals surface area contributed by atoms with Crippen molar-refractivity contribution in [2.45, 2.75) is 39.8 Å². The van der Waals surface area contributed by atoms with Crippen LogP contribution in [0.25, 0.3) is 0 Å². The summed E-state index contributed by atoms with van der Waals surface area (Å²) in [7, 11) is 2.20. The SMILES string of the molecule is Cc1noc(C)c1CNC1CCN(C)CC1C. The summed E-state index contributed by atoms with van der Waals surface area (Å²) in [5.41, 5.74) is 2.23. The van der Waals surface area contributed by atoms with E-state index in [0.29, 0.717) is 12.0 Å². The van der Waals surface area contributed by atoms with Crippen molar-refractivity contribution in [3.8, 4) is 0 Å². The second-order valence-corrected chi connectivity index (χ2v) is 5.32. The molecule has 0 radical (unpaired) electrons. The standard InChI is InChI=1S/C13H23N3O/c1-9-8-16(4)6-5-13(9)14-7-12-10(2)15-17-11(12)3/h9,13-14H,5-8H2,1-4H3. The van der Waals surface area contributed by atoms with E-state index in [2.05, 4.69) is 29.3 Å². The molecule has 1 aromatic heterocycles. The lowest BCUT2D eigenvalue weighted by atomic mass is 9.94. The molecule has 2 unspecified atom stereocenters. The topological polar surface area (TPSA) is 41.3 Å². The minimum Gasteiger partial charge on any atom is -0.361 e. The largest absolute Gasteiger partial charge is 0.361 e. The van der Waals surface area contributed by atoms with E-state index in [1.54, 1.807) is 0 Å². The molecule has 2 atom stereocenters. The number of hydrogen-bond donors (Lipinski definition) is 1. The zero-order valence-corrected chi connectivity index (χ0v) is 11.3. The van der Waals surface area contributed by atoms with Gasteiger partial charge in [0.2, 0.25) is 0 Å². The Bertz CT molecular complexity index is 355. The van der Waals surface area contributed by atoms with Gasteiger partial charge in [-0.15, -0.1) is 0 Å². The Morgan fingerprint density at radius 1 is 1.47 bits per heavy atom. The van der Waals surface area contributed by atoms with Crippen LogP contribution in [0.3, 0.4) is 0 Å². The van der Waals surface area contributed by atoms with Crippen LogP contribution in [-0.4, -0.2) is 36.2 Å². The highest BCUT2D eigenvalue weighted by atomic mass is 16.5. The molecule has 0 bridgehead atoms. The summed E-state index contributed by atoms with van der Waals surface area (Å²) in [6, 6.07) is 0.611. The fourth-order valence-electron chi connectivity index (χ4n) is 2.64. The van der Waals surface area contributed by atoms with Gasteiger partial charge in [-0.05, 0) is 39.8 Å². The second kappa shape index (κ2) is 5.19. The molecule has 2 heterocycles. The minimum absolute atomic E-state index is 0.611. The molecule has 4 nitrogen and oxygen atoms in total. The first kappa shape index (κ1) is 12.6. The summed E-state index contributed by atoms with van der Waals surface area (Å²) in [6.07, 6.45) is 1.22. The summed E-state index contributed by atoms with van der Waals surface area (Å²) in [6.45, 7) is 9.55. The fraction of sp³-hybridized carbons (Fsp3) is 0.769. The molecule has 4 heteroatoms. The Morgan fingerprint density at radius 3 is 2.82 bits per heavy atom. The van der Waals surface area contributed by atoms with Crippen molar-refractivity contribution in [2.24, 2.45) is 5.92 Å². The van der Waals surface area contributed by atoms with Crippen molar-refractivity contribution in [1.29, 1.82) is 0 Å². The third-order valence-electron chi connectivity index (χ3n) is 3.83. The summed E-state index contributed by atoms with van der Waals surface area (Å²) in [4.78, 5) is 2.40. The maximum atomic E-state index is 5.18. The smallest absolute Gasteiger partial charge is 0.138 e. The van der Waals surface area contributed by atoms with Gasteiger partial charge in [-0.25, -0.2) is 0 Å². The van der Waals surface area contributed by atoms with Crippen LogP contribution in [-0.2, 0) is 6.54 Å². The number of nitrogens with zero attached hydrogens (tertiary/aromatic N) is 2. The number of aromatic nitrogens is 1. The highest BCUT2D eigenvalue weighted by molar-refractivity contribution is 5.20. The fourth-order valence-corrected chi connectivity index (χ4v) is 2.64. The molecule has 0 amide bonds. The van der Waals surface area contributed by atoms with E-state index in [9.17, 15) is 0 Å². The van der Waals surface area contributed by atoms with Gasteiger partial charge >= 0.3 is 0 Å². The van der Waals surface area contributed by atoms with Crippen LogP contribution >= 0.6 is 0 Å². The molecule has 96 valence electrons. The molecule has 1 aromatic rings. The van der Waals surface area contributed by atoms with E-state index >= 15 is 0 Å². The second-order valence-electron chi connectivity index (χ2n) is 5.32. The third-order valence-corrected chi connectivity index (χ3v) is 3.83. The molecule has 0 aromatic carbocycles. The summed E-state index contributed by atoms with van der Waals surface area (Å²) >= 11 is 0. The Balaban J connectivity index is 1.90. The molecule has 17 heavy (non-hydrogen) atoms. The quantitative estimate of drug-likeness (QED) is 0.869. The molecule has 1 fully saturated rings. The highest BCUT2D eigenvalue weighted by Gasteiger charge is 2.24. The molecule has 0 spiro atoms. The van der Waals surface area contributed by atoms with Gasteiger partial charge in [0.1, 0.15) is 5.76 Å². The molecule has 1 aliphatic rings. The Labute approximate surface area is 103 Å². The minimum atomic E-state index is 0.611. The predicted molar refractivity (Wildman–Crippen MR) is 67.9 cm³/mol. The van der Waals surface area contributed by atoms with Gasteiger partial charge in [0.15, 0.2) is 0 Å². The molecular weight excluding hydrogens is 214 g/mol. The lowest BCUT2D eigenvalue weighted by Gasteiger charge is -2.35. The normalized spacial score (nSPS) is 26.4. The maximum Gasteiger partial charge on any atom is 0.138 e. The van der Waals surface area contributed by atoms with Crippen LogP contribution < -0.4 is 5.32 Å². The summed E-state index contributed by atoms with van der Waals surface area (Å²) in [5, 5.41) is 7.64. The van der Waals surface area contributed by atoms with Crippen LogP contribution in [0.5, 0.6) is 0 Å². The average Bonchev–Trinajstić information content (AvgIpc) is 2.58. The first-order valence-corrected chi connectivity index (χ1v) is 6.41. The van der Waals surface area contributed by atoms with Gasteiger partial charge in [0.25, 0.3) is 0 Å². The van der Waals surface area contributed by atoms with Gasteiger partial charge < -0.3 is 14.7 Å².